The van der Waals surface area contributed by atoms with Gasteiger partial charge in [-0.15, -0.1) is 0 Å². The summed E-state index contributed by atoms with van der Waals surface area (Å²) in [5, 5.41) is 0. The Balaban J connectivity index is 2.42. The molecule has 0 spiro atoms. The molecule has 1 aliphatic rings. The highest BCUT2D eigenvalue weighted by Gasteiger charge is 2.23. The number of hydrogen-bond acceptors (Lipinski definition) is 0. The van der Waals surface area contributed by atoms with Crippen molar-refractivity contribution in [3.05, 3.63) is 59.7 Å². The van der Waals surface area contributed by atoms with Crippen LogP contribution in [0.1, 0.15) is 25.3 Å². The minimum Gasteiger partial charge on any atom is -0.0619 e. The maximum absolute atomic E-state index is 8.45. The van der Waals surface area contributed by atoms with Gasteiger partial charge in [0.1, 0.15) is 0 Å². The highest BCUT2D eigenvalue weighted by molar-refractivity contribution is 5.78. The summed E-state index contributed by atoms with van der Waals surface area (Å²) in [7, 11) is 0. The molecule has 0 heterocycles. The third-order valence-corrected chi connectivity index (χ3v) is 2.95. The molecule has 0 saturated carbocycles. The van der Waals surface area contributed by atoms with Crippen molar-refractivity contribution < 1.29 is 1.37 Å². The molecule has 3 rings (SSSR count). The highest BCUT2D eigenvalue weighted by Crippen LogP contribution is 2.43. The van der Waals surface area contributed by atoms with E-state index in [1.165, 1.54) is 11.1 Å². The van der Waals surface area contributed by atoms with Crippen molar-refractivity contribution in [2.75, 3.05) is 0 Å². The first kappa shape index (κ1) is 6.83. The van der Waals surface area contributed by atoms with Gasteiger partial charge in [-0.2, -0.15) is 0 Å². The largest absolute Gasteiger partial charge is 0.0619 e. The van der Waals surface area contributed by atoms with E-state index >= 15 is 0 Å². The van der Waals surface area contributed by atoms with Crippen LogP contribution in [-0.4, -0.2) is 0 Å². The Bertz CT molecular complexity index is 479. The van der Waals surface area contributed by atoms with Crippen molar-refractivity contribution in [3.63, 3.8) is 0 Å². The lowest BCUT2D eigenvalue weighted by Gasteiger charge is -2.04. The van der Waals surface area contributed by atoms with Crippen molar-refractivity contribution in [1.82, 2.24) is 0 Å². The summed E-state index contributed by atoms with van der Waals surface area (Å²) in [5.74, 6) is -0.590. The molecule has 0 radical (unpaired) electrons. The Morgan fingerprint density at radius 3 is 1.79 bits per heavy atom. The van der Waals surface area contributed by atoms with E-state index in [1.54, 1.807) is 0 Å². The zero-order chi connectivity index (χ0) is 10.5. The molecule has 14 heavy (non-hydrogen) atoms. The van der Waals surface area contributed by atoms with Crippen LogP contribution in [0.3, 0.4) is 0 Å². The van der Waals surface area contributed by atoms with Gasteiger partial charge in [0.05, 0.1) is 0 Å². The van der Waals surface area contributed by atoms with Crippen molar-refractivity contribution >= 4 is 0 Å². The summed E-state index contributed by atoms with van der Waals surface area (Å²) < 4.78 is 8.45. The normalized spacial score (nSPS) is 17.1. The summed E-state index contributed by atoms with van der Waals surface area (Å²) in [6, 6.07) is 16.4. The molecule has 2 aromatic rings. The van der Waals surface area contributed by atoms with Gasteiger partial charge < -0.3 is 0 Å². The molecule has 0 bridgehead atoms. The average Bonchev–Trinajstić information content (AvgIpc) is 2.51. The van der Waals surface area contributed by atoms with Gasteiger partial charge in [-0.05, 0) is 22.3 Å². The molecule has 0 unspecified atom stereocenters. The van der Waals surface area contributed by atoms with Crippen LogP contribution in [0.2, 0.25) is 0 Å². The maximum atomic E-state index is 8.45. The van der Waals surface area contributed by atoms with Gasteiger partial charge in [-0.3, -0.25) is 0 Å². The third kappa shape index (κ3) is 0.884. The summed E-state index contributed by atoms with van der Waals surface area (Å²) in [5.41, 5.74) is 4.66. The topological polar surface area (TPSA) is 0 Å². The van der Waals surface area contributed by atoms with Crippen LogP contribution in [0.5, 0.6) is 0 Å². The maximum Gasteiger partial charge on any atom is 0.0400 e. The summed E-state index contributed by atoms with van der Waals surface area (Å²) >= 11 is 0. The van der Waals surface area contributed by atoms with Crippen LogP contribution in [0.15, 0.2) is 48.5 Å². The Labute approximate surface area is 85.6 Å². The quantitative estimate of drug-likeness (QED) is 0.579. The Hall–Kier alpha value is -1.56. The van der Waals surface area contributed by atoms with Gasteiger partial charge in [0, 0.05) is 7.26 Å². The lowest BCUT2D eigenvalue weighted by atomic mass is 10.00. The molecule has 0 aromatic heterocycles. The second-order valence-corrected chi connectivity index (χ2v) is 3.72. The number of fused-ring (bicyclic) bond motifs is 3. The van der Waals surface area contributed by atoms with E-state index in [4.69, 9.17) is 1.37 Å². The minimum atomic E-state index is -0.590. The first-order valence-corrected chi connectivity index (χ1v) is 4.90. The highest BCUT2D eigenvalue weighted by atomic mass is 14.3. The fourth-order valence-corrected chi connectivity index (χ4v) is 2.24. The van der Waals surface area contributed by atoms with E-state index in [0.29, 0.717) is 0 Å². The van der Waals surface area contributed by atoms with Crippen LogP contribution in [0, 0.1) is 0 Å². The molecule has 0 amide bonds. The van der Waals surface area contributed by atoms with Crippen LogP contribution >= 0.6 is 0 Å². The van der Waals surface area contributed by atoms with Gasteiger partial charge in [-0.25, -0.2) is 0 Å². The number of benzene rings is 2. The van der Waals surface area contributed by atoms with Gasteiger partial charge in [0.15, 0.2) is 0 Å². The SMILES string of the molecule is [2H]C1(C)c2ccccc2-c2ccccc21. The van der Waals surface area contributed by atoms with E-state index in [9.17, 15) is 0 Å². The standard InChI is InChI=1S/C14H12/c1-10-11-6-2-4-8-13(11)14-9-5-3-7-12(10)14/h2-10H,1H3/i10D. The van der Waals surface area contributed by atoms with Crippen molar-refractivity contribution in [2.24, 2.45) is 0 Å². The Morgan fingerprint density at radius 2 is 1.29 bits per heavy atom. The summed E-state index contributed by atoms with van der Waals surface area (Å²) in [4.78, 5) is 0. The number of hydrogen-bond donors (Lipinski definition) is 0. The predicted octanol–water partition coefficient (Wildman–Crippen LogP) is 3.82. The first-order valence-electron chi connectivity index (χ1n) is 5.40. The molecule has 0 atom stereocenters. The molecule has 0 nitrogen and oxygen atoms in total. The molecular weight excluding hydrogens is 168 g/mol. The monoisotopic (exact) mass is 181 g/mol. The number of rotatable bonds is 0. The molecule has 0 fully saturated rings. The molecule has 0 heteroatoms. The fraction of sp³-hybridized carbons (Fsp3) is 0.143. The van der Waals surface area contributed by atoms with Crippen LogP contribution in [-0.2, 0) is 0 Å². The van der Waals surface area contributed by atoms with Crippen LogP contribution < -0.4 is 0 Å². The van der Waals surface area contributed by atoms with E-state index < -0.39 is 5.89 Å². The summed E-state index contributed by atoms with van der Waals surface area (Å²) in [6.07, 6.45) is 0. The second-order valence-electron chi connectivity index (χ2n) is 3.72. The Kier molecular flexibility index (Phi) is 1.32. The van der Waals surface area contributed by atoms with Crippen LogP contribution in [0.4, 0.5) is 0 Å². The zero-order valence-corrected chi connectivity index (χ0v) is 8.12. The van der Waals surface area contributed by atoms with E-state index in [-0.39, 0.29) is 0 Å². The van der Waals surface area contributed by atoms with Gasteiger partial charge in [0.2, 0.25) is 0 Å². The second kappa shape index (κ2) is 2.71. The summed E-state index contributed by atoms with van der Waals surface area (Å²) in [6.45, 7) is 1.97. The van der Waals surface area contributed by atoms with Crippen LogP contribution in [0.25, 0.3) is 11.1 Å². The molecular formula is C14H12. The molecule has 68 valence electrons. The van der Waals surface area contributed by atoms with E-state index in [0.717, 1.165) is 11.1 Å². The van der Waals surface area contributed by atoms with Crippen molar-refractivity contribution in [2.45, 2.75) is 12.8 Å². The van der Waals surface area contributed by atoms with Gasteiger partial charge in [0.25, 0.3) is 0 Å². The zero-order valence-electron chi connectivity index (χ0n) is 9.12. The Morgan fingerprint density at radius 1 is 0.857 bits per heavy atom. The van der Waals surface area contributed by atoms with E-state index in [2.05, 4.69) is 24.3 Å². The lowest BCUT2D eigenvalue weighted by molar-refractivity contribution is 0.957. The molecule has 2 aromatic carbocycles. The first-order chi connectivity index (χ1) is 7.21. The third-order valence-electron chi connectivity index (χ3n) is 2.95. The molecule has 1 aliphatic carbocycles. The fourth-order valence-electron chi connectivity index (χ4n) is 2.24. The smallest absolute Gasteiger partial charge is 0.0400 e. The van der Waals surface area contributed by atoms with Gasteiger partial charge >= 0.3 is 0 Å². The molecule has 0 saturated heterocycles. The minimum absolute atomic E-state index is 0.590. The van der Waals surface area contributed by atoms with Gasteiger partial charge in [-0.1, -0.05) is 55.5 Å². The lowest BCUT2D eigenvalue weighted by Crippen LogP contribution is -1.87. The molecule has 0 aliphatic heterocycles. The van der Waals surface area contributed by atoms with Crippen molar-refractivity contribution in [3.8, 4) is 11.1 Å². The molecule has 0 N–H and O–H groups in total. The average molecular weight is 181 g/mol. The van der Waals surface area contributed by atoms with E-state index in [1.807, 2.05) is 31.2 Å². The van der Waals surface area contributed by atoms with Crippen molar-refractivity contribution in [1.29, 1.82) is 0 Å². The predicted molar refractivity (Wildman–Crippen MR) is 59.4 cm³/mol.